The predicted octanol–water partition coefficient (Wildman–Crippen LogP) is 2.70. The lowest BCUT2D eigenvalue weighted by Crippen LogP contribution is -2.43. The summed E-state index contributed by atoms with van der Waals surface area (Å²) < 4.78 is 6.02. The number of fused-ring (bicyclic) bond motifs is 3. The zero-order chi connectivity index (χ0) is 17.2. The Morgan fingerprint density at radius 1 is 1.16 bits per heavy atom. The van der Waals surface area contributed by atoms with Crippen LogP contribution in [0, 0.1) is 5.92 Å². The highest BCUT2D eigenvalue weighted by atomic mass is 16.5. The molecule has 2 atom stereocenters. The van der Waals surface area contributed by atoms with Gasteiger partial charge in [-0.05, 0) is 24.6 Å². The van der Waals surface area contributed by atoms with Crippen molar-refractivity contribution < 1.29 is 14.3 Å². The van der Waals surface area contributed by atoms with E-state index in [9.17, 15) is 9.59 Å². The average molecular weight is 338 g/mol. The maximum absolute atomic E-state index is 12.7. The number of hydrogen-bond donors (Lipinski definition) is 2. The van der Waals surface area contributed by atoms with Crippen LogP contribution >= 0.6 is 0 Å². The minimum Gasteiger partial charge on any atom is -0.493 e. The summed E-state index contributed by atoms with van der Waals surface area (Å²) in [5.74, 6) is 0.790. The second-order valence-corrected chi connectivity index (χ2v) is 6.80. The maximum Gasteiger partial charge on any atom is 0.225 e. The molecule has 2 aromatic carbocycles. The van der Waals surface area contributed by atoms with Gasteiger partial charge in [0.25, 0.3) is 0 Å². The molecule has 2 aliphatic rings. The van der Waals surface area contributed by atoms with E-state index in [1.54, 1.807) is 0 Å². The molecule has 0 spiro atoms. The fraction of sp³-hybridized carbons (Fsp3) is 0.400. The number of nitrogens with one attached hydrogen (secondary N) is 2. The maximum atomic E-state index is 12.7. The molecule has 1 fully saturated rings. The van der Waals surface area contributed by atoms with Gasteiger partial charge in [0, 0.05) is 23.9 Å². The van der Waals surface area contributed by atoms with E-state index < -0.39 is 0 Å². The van der Waals surface area contributed by atoms with Gasteiger partial charge in [0.05, 0.1) is 18.6 Å². The summed E-state index contributed by atoms with van der Waals surface area (Å²) in [7, 11) is 0. The zero-order valence-corrected chi connectivity index (χ0v) is 14.1. The molecule has 2 aliphatic heterocycles. The molecule has 0 bridgehead atoms. The van der Waals surface area contributed by atoms with Crippen molar-refractivity contribution in [3.8, 4) is 5.75 Å². The zero-order valence-electron chi connectivity index (χ0n) is 14.1. The van der Waals surface area contributed by atoms with Gasteiger partial charge in [-0.2, -0.15) is 0 Å². The molecular weight excluding hydrogens is 316 g/mol. The van der Waals surface area contributed by atoms with Crippen LogP contribution in [0.5, 0.6) is 5.75 Å². The quantitative estimate of drug-likeness (QED) is 0.885. The molecule has 1 saturated heterocycles. The average Bonchev–Trinajstić information content (AvgIpc) is 2.85. The Hall–Kier alpha value is -2.56. The lowest BCUT2D eigenvalue weighted by molar-refractivity contribution is -0.129. The minimum absolute atomic E-state index is 0.0195. The van der Waals surface area contributed by atoms with E-state index in [1.165, 1.54) is 0 Å². The molecule has 0 radical (unpaired) electrons. The number of carbonyl (C=O) groups is 2. The fourth-order valence-electron chi connectivity index (χ4n) is 3.71. The van der Waals surface area contributed by atoms with Crippen LogP contribution in [-0.4, -0.2) is 25.0 Å². The second kappa shape index (κ2) is 6.75. The third kappa shape index (κ3) is 3.18. The van der Waals surface area contributed by atoms with Gasteiger partial charge in [-0.3, -0.25) is 9.59 Å². The summed E-state index contributed by atoms with van der Waals surface area (Å²) >= 11 is 0. The Morgan fingerprint density at radius 2 is 2.04 bits per heavy atom. The molecule has 0 aromatic heterocycles. The van der Waals surface area contributed by atoms with Crippen molar-refractivity contribution in [3.05, 3.63) is 42.0 Å². The number of ether oxygens (including phenoxy) is 1. The van der Waals surface area contributed by atoms with Gasteiger partial charge in [0.1, 0.15) is 5.75 Å². The van der Waals surface area contributed by atoms with Crippen molar-refractivity contribution >= 4 is 22.6 Å². The van der Waals surface area contributed by atoms with Crippen LogP contribution < -0.4 is 15.4 Å². The highest BCUT2D eigenvalue weighted by Crippen LogP contribution is 2.37. The summed E-state index contributed by atoms with van der Waals surface area (Å²) in [6, 6.07) is 12.3. The molecule has 2 heterocycles. The van der Waals surface area contributed by atoms with Crippen LogP contribution in [-0.2, 0) is 9.59 Å². The molecule has 4 rings (SSSR count). The highest BCUT2D eigenvalue weighted by Gasteiger charge is 2.28. The molecule has 0 aliphatic carbocycles. The Bertz CT molecular complexity index is 808. The van der Waals surface area contributed by atoms with Crippen LogP contribution in [0.2, 0.25) is 0 Å². The molecule has 0 unspecified atom stereocenters. The van der Waals surface area contributed by atoms with E-state index in [1.807, 2.05) is 12.1 Å². The van der Waals surface area contributed by atoms with Crippen molar-refractivity contribution in [1.82, 2.24) is 10.6 Å². The number of rotatable bonds is 2. The first-order chi connectivity index (χ1) is 12.2. The fourth-order valence-corrected chi connectivity index (χ4v) is 3.71. The number of amides is 2. The summed E-state index contributed by atoms with van der Waals surface area (Å²) in [4.78, 5) is 24.0. The smallest absolute Gasteiger partial charge is 0.225 e. The highest BCUT2D eigenvalue weighted by molar-refractivity contribution is 5.90. The van der Waals surface area contributed by atoms with Gasteiger partial charge < -0.3 is 15.4 Å². The van der Waals surface area contributed by atoms with Gasteiger partial charge in [0.2, 0.25) is 11.8 Å². The molecule has 2 aromatic rings. The van der Waals surface area contributed by atoms with Gasteiger partial charge in [-0.1, -0.05) is 36.4 Å². The first kappa shape index (κ1) is 15.9. The topological polar surface area (TPSA) is 67.4 Å². The van der Waals surface area contributed by atoms with Crippen molar-refractivity contribution in [1.29, 1.82) is 0 Å². The third-order valence-corrected chi connectivity index (χ3v) is 5.12. The van der Waals surface area contributed by atoms with E-state index in [0.717, 1.165) is 34.9 Å². The van der Waals surface area contributed by atoms with Crippen molar-refractivity contribution in [3.63, 3.8) is 0 Å². The third-order valence-electron chi connectivity index (χ3n) is 5.12. The molecule has 130 valence electrons. The molecule has 5 heteroatoms. The Morgan fingerprint density at radius 3 is 2.88 bits per heavy atom. The summed E-state index contributed by atoms with van der Waals surface area (Å²) in [5, 5.41) is 8.21. The second-order valence-electron chi connectivity index (χ2n) is 6.80. The normalized spacial score (nSPS) is 23.1. The predicted molar refractivity (Wildman–Crippen MR) is 95.3 cm³/mol. The first-order valence-corrected chi connectivity index (χ1v) is 8.94. The Labute approximate surface area is 146 Å². The summed E-state index contributed by atoms with van der Waals surface area (Å²) in [5.41, 5.74) is 1.05. The first-order valence-electron chi connectivity index (χ1n) is 8.94. The Kier molecular flexibility index (Phi) is 4.30. The number of benzene rings is 2. The molecule has 25 heavy (non-hydrogen) atoms. The SMILES string of the molecule is O=C1CC[C@@H](C(=O)N[C@@H]2CCCOc3c2ccc2ccccc32)CN1. The minimum atomic E-state index is -0.147. The van der Waals surface area contributed by atoms with Crippen LogP contribution in [0.4, 0.5) is 0 Å². The largest absolute Gasteiger partial charge is 0.493 e. The van der Waals surface area contributed by atoms with Crippen LogP contribution in [0.25, 0.3) is 10.8 Å². The number of hydrogen-bond acceptors (Lipinski definition) is 3. The Balaban J connectivity index is 1.60. The van der Waals surface area contributed by atoms with Gasteiger partial charge in [-0.15, -0.1) is 0 Å². The van der Waals surface area contributed by atoms with E-state index in [0.29, 0.717) is 26.0 Å². The summed E-state index contributed by atoms with van der Waals surface area (Å²) in [6.45, 7) is 1.09. The van der Waals surface area contributed by atoms with Crippen LogP contribution in [0.15, 0.2) is 36.4 Å². The number of carbonyl (C=O) groups excluding carboxylic acids is 2. The molecule has 0 saturated carbocycles. The molecular formula is C20H22N2O3. The lowest BCUT2D eigenvalue weighted by atomic mass is 9.95. The van der Waals surface area contributed by atoms with Gasteiger partial charge in [0.15, 0.2) is 0 Å². The van der Waals surface area contributed by atoms with E-state index in [-0.39, 0.29) is 23.8 Å². The number of piperidine rings is 1. The summed E-state index contributed by atoms with van der Waals surface area (Å²) in [6.07, 6.45) is 2.80. The molecule has 5 nitrogen and oxygen atoms in total. The van der Waals surface area contributed by atoms with E-state index in [4.69, 9.17) is 4.74 Å². The van der Waals surface area contributed by atoms with Crippen molar-refractivity contribution in [2.45, 2.75) is 31.7 Å². The van der Waals surface area contributed by atoms with Crippen LogP contribution in [0.1, 0.15) is 37.3 Å². The van der Waals surface area contributed by atoms with Gasteiger partial charge in [-0.25, -0.2) is 0 Å². The van der Waals surface area contributed by atoms with Crippen molar-refractivity contribution in [2.24, 2.45) is 5.92 Å². The van der Waals surface area contributed by atoms with Crippen LogP contribution in [0.3, 0.4) is 0 Å². The van der Waals surface area contributed by atoms with Crippen molar-refractivity contribution in [2.75, 3.05) is 13.2 Å². The van der Waals surface area contributed by atoms with E-state index in [2.05, 4.69) is 34.9 Å². The molecule has 2 amide bonds. The molecule has 2 N–H and O–H groups in total. The lowest BCUT2D eigenvalue weighted by Gasteiger charge is -2.25. The van der Waals surface area contributed by atoms with E-state index >= 15 is 0 Å². The standard InChI is InChI=1S/C20H22N2O3/c23-18-10-8-14(12-21-18)20(24)22-17-6-3-11-25-19-15-5-2-1-4-13(15)7-9-16(17)19/h1-2,4-5,7,9,14,17H,3,6,8,10-12H2,(H,21,23)(H,22,24)/t14-,17-/m1/s1. The van der Waals surface area contributed by atoms with Gasteiger partial charge >= 0.3 is 0 Å². The monoisotopic (exact) mass is 338 g/mol.